The van der Waals surface area contributed by atoms with Crippen LogP contribution in [0.2, 0.25) is 5.02 Å². The second kappa shape index (κ2) is 8.94. The minimum atomic E-state index is -0.999. The van der Waals surface area contributed by atoms with Gasteiger partial charge in [0.2, 0.25) is 0 Å². The van der Waals surface area contributed by atoms with Gasteiger partial charge in [-0.1, -0.05) is 23.7 Å². The molecule has 1 aliphatic heterocycles. The zero-order chi connectivity index (χ0) is 23.0. The van der Waals surface area contributed by atoms with Gasteiger partial charge in [0.25, 0.3) is 0 Å². The Balaban J connectivity index is 1.83. The van der Waals surface area contributed by atoms with Crippen LogP contribution in [-0.4, -0.2) is 24.1 Å². The lowest BCUT2D eigenvalue weighted by Gasteiger charge is -2.36. The Hall–Kier alpha value is -2.86. The van der Waals surface area contributed by atoms with Crippen molar-refractivity contribution >= 4 is 29.1 Å². The van der Waals surface area contributed by atoms with Crippen LogP contribution in [0.5, 0.6) is 0 Å². The predicted molar refractivity (Wildman–Crippen MR) is 118 cm³/mol. The summed E-state index contributed by atoms with van der Waals surface area (Å²) in [6, 6.07) is 10.3. The normalized spacial score (nSPS) is 23.0. The van der Waals surface area contributed by atoms with Gasteiger partial charge in [-0.3, -0.25) is 14.6 Å². The van der Waals surface area contributed by atoms with Crippen molar-refractivity contribution in [3.05, 3.63) is 81.5 Å². The summed E-state index contributed by atoms with van der Waals surface area (Å²) in [6.07, 6.45) is 0.626. The number of allylic oxidation sites excluding steroid dienone is 2. The summed E-state index contributed by atoms with van der Waals surface area (Å²) in [5.41, 5.74) is 2.10. The minimum Gasteiger partial charge on any atom is -0.465 e. The zero-order valence-corrected chi connectivity index (χ0v) is 18.5. The molecule has 3 unspecified atom stereocenters. The van der Waals surface area contributed by atoms with E-state index < -0.39 is 29.4 Å². The molecule has 0 spiro atoms. The molecule has 2 aromatic rings. The molecule has 2 aromatic carbocycles. The molecule has 0 N–H and O–H groups in total. The van der Waals surface area contributed by atoms with Gasteiger partial charge < -0.3 is 4.74 Å². The SMILES string of the molecule is CCOC(=O)C1C(C)=NC2=C(C(=O)CC(c3ccc(Cl)cc3)C2)C1c1cc(F)ccc1F. The number of aliphatic imine (C=N–C) groups is 1. The Kier molecular flexibility index (Phi) is 6.24. The molecule has 0 bridgehead atoms. The molecular formula is C25H22ClF2NO3. The van der Waals surface area contributed by atoms with Crippen molar-refractivity contribution in [1.82, 2.24) is 0 Å². The van der Waals surface area contributed by atoms with Gasteiger partial charge in [0.1, 0.15) is 17.6 Å². The van der Waals surface area contributed by atoms with Gasteiger partial charge in [-0.2, -0.15) is 0 Å². The van der Waals surface area contributed by atoms with Crippen LogP contribution in [0, 0.1) is 17.6 Å². The fourth-order valence-corrected chi connectivity index (χ4v) is 4.78. The summed E-state index contributed by atoms with van der Waals surface area (Å²) in [5, 5.41) is 0.598. The highest BCUT2D eigenvalue weighted by Gasteiger charge is 2.45. The Morgan fingerprint density at radius 3 is 2.56 bits per heavy atom. The van der Waals surface area contributed by atoms with E-state index >= 15 is 0 Å². The number of Topliss-reactive ketones (excluding diaryl/α,β-unsaturated/α-hetero) is 1. The molecule has 0 amide bonds. The van der Waals surface area contributed by atoms with Gasteiger partial charge in [-0.05, 0) is 67.6 Å². The number of nitrogens with zero attached hydrogens (tertiary/aromatic N) is 1. The zero-order valence-electron chi connectivity index (χ0n) is 17.7. The molecule has 0 radical (unpaired) electrons. The molecule has 1 aliphatic carbocycles. The standard InChI is InChI=1S/C25H22ClF2NO3/c1-3-32-25(31)22-13(2)29-20-10-15(14-4-6-16(26)7-5-14)11-21(30)24(20)23(22)18-12-17(27)8-9-19(18)28/h4-9,12,15,22-23H,3,10-11H2,1-2H3. The maximum absolute atomic E-state index is 14.9. The molecular weight excluding hydrogens is 436 g/mol. The maximum Gasteiger partial charge on any atom is 0.315 e. The molecule has 0 fully saturated rings. The number of carbonyl (C=O) groups is 2. The van der Waals surface area contributed by atoms with E-state index in [1.54, 1.807) is 26.0 Å². The van der Waals surface area contributed by atoms with E-state index in [0.29, 0.717) is 22.9 Å². The molecule has 4 nitrogen and oxygen atoms in total. The Labute approximate surface area is 189 Å². The third-order valence-electron chi connectivity index (χ3n) is 6.06. The molecule has 4 rings (SSSR count). The lowest BCUT2D eigenvalue weighted by molar-refractivity contribution is -0.146. The number of benzene rings is 2. The van der Waals surface area contributed by atoms with Gasteiger partial charge >= 0.3 is 5.97 Å². The molecule has 3 atom stereocenters. The number of ketones is 1. The summed E-state index contributed by atoms with van der Waals surface area (Å²) < 4.78 is 34.2. The number of rotatable bonds is 4. The first-order valence-corrected chi connectivity index (χ1v) is 10.9. The molecule has 0 saturated heterocycles. The summed E-state index contributed by atoms with van der Waals surface area (Å²) in [7, 11) is 0. The minimum absolute atomic E-state index is 0.0388. The fourth-order valence-electron chi connectivity index (χ4n) is 4.66. The lowest BCUT2D eigenvalue weighted by Crippen LogP contribution is -2.38. The van der Waals surface area contributed by atoms with E-state index in [1.165, 1.54) is 0 Å². The van der Waals surface area contributed by atoms with E-state index in [9.17, 15) is 18.4 Å². The van der Waals surface area contributed by atoms with Crippen molar-refractivity contribution in [2.45, 2.75) is 38.5 Å². The van der Waals surface area contributed by atoms with Crippen LogP contribution in [0.1, 0.15) is 49.7 Å². The molecule has 166 valence electrons. The smallest absolute Gasteiger partial charge is 0.315 e. The van der Waals surface area contributed by atoms with Crippen LogP contribution in [0.4, 0.5) is 8.78 Å². The molecule has 2 aliphatic rings. The molecule has 7 heteroatoms. The van der Waals surface area contributed by atoms with E-state index in [4.69, 9.17) is 16.3 Å². The lowest BCUT2D eigenvalue weighted by atomic mass is 9.69. The Bertz CT molecular complexity index is 1140. The Morgan fingerprint density at radius 1 is 1.16 bits per heavy atom. The van der Waals surface area contributed by atoms with Crippen LogP contribution in [0.25, 0.3) is 0 Å². The van der Waals surface area contributed by atoms with Crippen LogP contribution in [0.15, 0.2) is 58.7 Å². The maximum atomic E-state index is 14.9. The molecule has 1 heterocycles. The first-order valence-electron chi connectivity index (χ1n) is 10.5. The topological polar surface area (TPSA) is 55.7 Å². The number of hydrogen-bond acceptors (Lipinski definition) is 4. The van der Waals surface area contributed by atoms with Crippen molar-refractivity contribution in [1.29, 1.82) is 0 Å². The predicted octanol–water partition coefficient (Wildman–Crippen LogP) is 5.76. The number of carbonyl (C=O) groups excluding carboxylic acids is 2. The van der Waals surface area contributed by atoms with Gasteiger partial charge in [-0.25, -0.2) is 8.78 Å². The van der Waals surface area contributed by atoms with Gasteiger partial charge in [0, 0.05) is 34.3 Å². The van der Waals surface area contributed by atoms with Crippen molar-refractivity contribution in [2.24, 2.45) is 10.9 Å². The number of hydrogen-bond donors (Lipinski definition) is 0. The van der Waals surface area contributed by atoms with Crippen molar-refractivity contribution in [3.8, 4) is 0 Å². The van der Waals surface area contributed by atoms with Gasteiger partial charge in [0.05, 0.1) is 6.61 Å². The highest BCUT2D eigenvalue weighted by molar-refractivity contribution is 6.30. The second-order valence-electron chi connectivity index (χ2n) is 8.07. The molecule has 0 saturated carbocycles. The Morgan fingerprint density at radius 2 is 1.88 bits per heavy atom. The quantitative estimate of drug-likeness (QED) is 0.549. The third kappa shape index (κ3) is 4.11. The fraction of sp³-hybridized carbons (Fsp3) is 0.320. The van der Waals surface area contributed by atoms with Gasteiger partial charge in [-0.15, -0.1) is 0 Å². The molecule has 0 aromatic heterocycles. The van der Waals surface area contributed by atoms with Crippen LogP contribution in [-0.2, 0) is 14.3 Å². The monoisotopic (exact) mass is 457 g/mol. The summed E-state index contributed by atoms with van der Waals surface area (Å²) in [6.45, 7) is 3.45. The average Bonchev–Trinajstić information content (AvgIpc) is 2.75. The number of ether oxygens (including phenoxy) is 1. The van der Waals surface area contributed by atoms with Crippen LogP contribution >= 0.6 is 11.6 Å². The van der Waals surface area contributed by atoms with E-state index in [1.807, 2.05) is 12.1 Å². The highest BCUT2D eigenvalue weighted by Crippen LogP contribution is 2.47. The van der Waals surface area contributed by atoms with Crippen LogP contribution in [0.3, 0.4) is 0 Å². The highest BCUT2D eigenvalue weighted by atomic mass is 35.5. The molecule has 32 heavy (non-hydrogen) atoms. The van der Waals surface area contributed by atoms with Gasteiger partial charge in [0.15, 0.2) is 5.78 Å². The van der Waals surface area contributed by atoms with E-state index in [2.05, 4.69) is 4.99 Å². The van der Waals surface area contributed by atoms with Crippen molar-refractivity contribution < 1.29 is 23.1 Å². The third-order valence-corrected chi connectivity index (χ3v) is 6.32. The summed E-state index contributed by atoms with van der Waals surface area (Å²) in [4.78, 5) is 30.8. The number of halogens is 3. The first-order chi connectivity index (χ1) is 15.3. The van der Waals surface area contributed by atoms with Crippen molar-refractivity contribution in [3.63, 3.8) is 0 Å². The largest absolute Gasteiger partial charge is 0.465 e. The first kappa shape index (κ1) is 22.3. The van der Waals surface area contributed by atoms with Crippen molar-refractivity contribution in [2.75, 3.05) is 6.61 Å². The number of esters is 1. The second-order valence-corrected chi connectivity index (χ2v) is 8.50. The van der Waals surface area contributed by atoms with E-state index in [-0.39, 0.29) is 35.9 Å². The van der Waals surface area contributed by atoms with E-state index in [0.717, 1.165) is 23.8 Å². The van der Waals surface area contributed by atoms with Crippen LogP contribution < -0.4 is 0 Å². The summed E-state index contributed by atoms with van der Waals surface area (Å²) >= 11 is 5.99. The summed E-state index contributed by atoms with van der Waals surface area (Å²) in [5.74, 6) is -4.27. The average molecular weight is 458 g/mol.